The van der Waals surface area contributed by atoms with E-state index in [4.69, 9.17) is 5.73 Å². The van der Waals surface area contributed by atoms with Gasteiger partial charge >= 0.3 is 0 Å². The van der Waals surface area contributed by atoms with Gasteiger partial charge in [-0.15, -0.1) is 0 Å². The summed E-state index contributed by atoms with van der Waals surface area (Å²) in [6.07, 6.45) is 0. The number of amides is 1. The zero-order valence-electron chi connectivity index (χ0n) is 13.4. The Labute approximate surface area is 144 Å². The van der Waals surface area contributed by atoms with Crippen LogP contribution in [0.1, 0.15) is 10.4 Å². The Morgan fingerprint density at radius 1 is 0.960 bits per heavy atom. The number of H-pyrrole nitrogens is 1. The number of hydrogen-bond donors (Lipinski definition) is 3. The van der Waals surface area contributed by atoms with Crippen molar-refractivity contribution < 1.29 is 4.79 Å². The molecule has 0 aliphatic heterocycles. The molecule has 5 nitrogen and oxygen atoms in total. The SMILES string of the molecule is Nc1ccccc1C(=O)Nc1cccc(-c2nc3ccccc3[nH]2)c1. The van der Waals surface area contributed by atoms with E-state index in [0.717, 1.165) is 22.4 Å². The number of carbonyl (C=O) groups is 1. The van der Waals surface area contributed by atoms with Gasteiger partial charge in [0, 0.05) is 16.9 Å². The number of anilines is 2. The van der Waals surface area contributed by atoms with Crippen molar-refractivity contribution in [3.63, 3.8) is 0 Å². The molecule has 0 spiro atoms. The summed E-state index contributed by atoms with van der Waals surface area (Å²) in [6, 6.07) is 22.4. The molecule has 1 heterocycles. The van der Waals surface area contributed by atoms with Gasteiger partial charge in [-0.1, -0.05) is 36.4 Å². The lowest BCUT2D eigenvalue weighted by Gasteiger charge is -2.08. The highest BCUT2D eigenvalue weighted by atomic mass is 16.1. The monoisotopic (exact) mass is 328 g/mol. The van der Waals surface area contributed by atoms with Crippen molar-refractivity contribution in [3.8, 4) is 11.4 Å². The molecule has 0 saturated carbocycles. The fourth-order valence-electron chi connectivity index (χ4n) is 2.74. The second-order valence-electron chi connectivity index (χ2n) is 5.72. The average Bonchev–Trinajstić information content (AvgIpc) is 3.06. The van der Waals surface area contributed by atoms with Crippen molar-refractivity contribution in [1.29, 1.82) is 0 Å². The van der Waals surface area contributed by atoms with E-state index >= 15 is 0 Å². The number of nitrogens with one attached hydrogen (secondary N) is 2. The number of aromatic amines is 1. The Balaban J connectivity index is 1.63. The Morgan fingerprint density at radius 3 is 2.60 bits per heavy atom. The van der Waals surface area contributed by atoms with Crippen molar-refractivity contribution in [3.05, 3.63) is 78.4 Å². The van der Waals surface area contributed by atoms with Crippen molar-refractivity contribution >= 4 is 28.3 Å². The quantitative estimate of drug-likeness (QED) is 0.496. The molecule has 4 aromatic rings. The van der Waals surface area contributed by atoms with Gasteiger partial charge in [-0.3, -0.25) is 4.79 Å². The van der Waals surface area contributed by atoms with Gasteiger partial charge in [-0.05, 0) is 36.4 Å². The van der Waals surface area contributed by atoms with Crippen LogP contribution in [0.3, 0.4) is 0 Å². The van der Waals surface area contributed by atoms with E-state index in [-0.39, 0.29) is 5.91 Å². The molecule has 5 heteroatoms. The molecular formula is C20H16N4O. The number of carbonyl (C=O) groups excluding carboxylic acids is 1. The maximum Gasteiger partial charge on any atom is 0.257 e. The number of nitrogen functional groups attached to an aromatic ring is 1. The number of para-hydroxylation sites is 3. The summed E-state index contributed by atoms with van der Waals surface area (Å²) < 4.78 is 0. The van der Waals surface area contributed by atoms with Gasteiger partial charge in [-0.25, -0.2) is 4.98 Å². The fraction of sp³-hybridized carbons (Fsp3) is 0. The fourth-order valence-corrected chi connectivity index (χ4v) is 2.74. The highest BCUT2D eigenvalue weighted by Crippen LogP contribution is 2.23. The number of nitrogens with zero attached hydrogens (tertiary/aromatic N) is 1. The predicted molar refractivity (Wildman–Crippen MR) is 100 cm³/mol. The molecule has 0 radical (unpaired) electrons. The van der Waals surface area contributed by atoms with E-state index in [1.165, 1.54) is 0 Å². The molecule has 0 aliphatic carbocycles. The number of hydrogen-bond acceptors (Lipinski definition) is 3. The third-order valence-corrected chi connectivity index (χ3v) is 3.99. The Bertz CT molecular complexity index is 1030. The lowest BCUT2D eigenvalue weighted by atomic mass is 10.1. The molecule has 0 bridgehead atoms. The third-order valence-electron chi connectivity index (χ3n) is 3.99. The summed E-state index contributed by atoms with van der Waals surface area (Å²) in [5.41, 5.74) is 10.2. The van der Waals surface area contributed by atoms with Crippen LogP contribution in [0, 0.1) is 0 Å². The predicted octanol–water partition coefficient (Wildman–Crippen LogP) is 4.06. The molecule has 0 saturated heterocycles. The Kier molecular flexibility index (Phi) is 3.67. The zero-order valence-corrected chi connectivity index (χ0v) is 13.4. The summed E-state index contributed by atoms with van der Waals surface area (Å²) in [4.78, 5) is 20.3. The number of benzene rings is 3. The van der Waals surface area contributed by atoms with Gasteiger partial charge in [-0.2, -0.15) is 0 Å². The molecule has 0 atom stereocenters. The second-order valence-corrected chi connectivity index (χ2v) is 5.72. The van der Waals surface area contributed by atoms with Gasteiger partial charge in [0.2, 0.25) is 0 Å². The van der Waals surface area contributed by atoms with Gasteiger partial charge in [0.1, 0.15) is 5.82 Å². The lowest BCUT2D eigenvalue weighted by Crippen LogP contribution is -2.13. The first kappa shape index (κ1) is 15.0. The van der Waals surface area contributed by atoms with Crippen molar-refractivity contribution in [2.45, 2.75) is 0 Å². The summed E-state index contributed by atoms with van der Waals surface area (Å²) in [5, 5.41) is 2.88. The van der Waals surface area contributed by atoms with E-state index in [1.807, 2.05) is 48.5 Å². The minimum Gasteiger partial charge on any atom is -0.398 e. The van der Waals surface area contributed by atoms with Crippen LogP contribution in [0.25, 0.3) is 22.4 Å². The Hall–Kier alpha value is -3.60. The van der Waals surface area contributed by atoms with Crippen molar-refractivity contribution in [2.75, 3.05) is 11.1 Å². The minimum atomic E-state index is -0.236. The van der Waals surface area contributed by atoms with E-state index in [9.17, 15) is 4.79 Å². The summed E-state index contributed by atoms with van der Waals surface area (Å²) in [6.45, 7) is 0. The molecule has 0 unspecified atom stereocenters. The lowest BCUT2D eigenvalue weighted by molar-refractivity contribution is 0.102. The normalized spacial score (nSPS) is 10.7. The van der Waals surface area contributed by atoms with Crippen LogP contribution < -0.4 is 11.1 Å². The minimum absolute atomic E-state index is 0.236. The maximum absolute atomic E-state index is 12.4. The van der Waals surface area contributed by atoms with Crippen molar-refractivity contribution in [2.24, 2.45) is 0 Å². The largest absolute Gasteiger partial charge is 0.398 e. The topological polar surface area (TPSA) is 83.8 Å². The molecule has 25 heavy (non-hydrogen) atoms. The average molecular weight is 328 g/mol. The summed E-state index contributed by atoms with van der Waals surface area (Å²) in [7, 11) is 0. The highest BCUT2D eigenvalue weighted by molar-refractivity contribution is 6.07. The molecule has 3 aromatic carbocycles. The number of aromatic nitrogens is 2. The molecule has 0 fully saturated rings. The van der Waals surface area contributed by atoms with Crippen LogP contribution in [0.5, 0.6) is 0 Å². The first-order valence-electron chi connectivity index (χ1n) is 7.92. The molecule has 1 aromatic heterocycles. The third kappa shape index (κ3) is 2.95. The van der Waals surface area contributed by atoms with Crippen LogP contribution in [-0.2, 0) is 0 Å². The maximum atomic E-state index is 12.4. The van der Waals surface area contributed by atoms with Crippen LogP contribution in [0.4, 0.5) is 11.4 Å². The van der Waals surface area contributed by atoms with Crippen LogP contribution in [0.2, 0.25) is 0 Å². The smallest absolute Gasteiger partial charge is 0.257 e. The number of rotatable bonds is 3. The van der Waals surface area contributed by atoms with Gasteiger partial charge in [0.15, 0.2) is 0 Å². The summed E-state index contributed by atoms with van der Waals surface area (Å²) >= 11 is 0. The first-order valence-corrected chi connectivity index (χ1v) is 7.92. The van der Waals surface area contributed by atoms with Crippen LogP contribution in [0.15, 0.2) is 72.8 Å². The van der Waals surface area contributed by atoms with E-state index in [2.05, 4.69) is 15.3 Å². The zero-order chi connectivity index (χ0) is 17.2. The molecule has 0 aliphatic rings. The van der Waals surface area contributed by atoms with Crippen LogP contribution >= 0.6 is 0 Å². The molecular weight excluding hydrogens is 312 g/mol. The van der Waals surface area contributed by atoms with E-state index in [0.29, 0.717) is 16.9 Å². The van der Waals surface area contributed by atoms with Crippen molar-refractivity contribution in [1.82, 2.24) is 9.97 Å². The van der Waals surface area contributed by atoms with E-state index in [1.54, 1.807) is 24.3 Å². The molecule has 1 amide bonds. The first-order chi connectivity index (χ1) is 12.2. The van der Waals surface area contributed by atoms with Crippen LogP contribution in [-0.4, -0.2) is 15.9 Å². The number of nitrogens with two attached hydrogens (primary N) is 1. The van der Waals surface area contributed by atoms with E-state index < -0.39 is 0 Å². The van der Waals surface area contributed by atoms with Gasteiger partial charge < -0.3 is 16.0 Å². The standard InChI is InChI=1S/C20H16N4O/c21-16-9-2-1-8-15(16)20(25)22-14-7-5-6-13(12-14)19-23-17-10-3-4-11-18(17)24-19/h1-12H,21H2,(H,22,25)(H,23,24). The number of imidazole rings is 1. The summed E-state index contributed by atoms with van der Waals surface area (Å²) in [5.74, 6) is 0.524. The second kappa shape index (κ2) is 6.13. The number of fused-ring (bicyclic) bond motifs is 1. The highest BCUT2D eigenvalue weighted by Gasteiger charge is 2.10. The molecule has 4 rings (SSSR count). The Morgan fingerprint density at radius 2 is 1.76 bits per heavy atom. The van der Waals surface area contributed by atoms with Gasteiger partial charge in [0.05, 0.1) is 16.6 Å². The molecule has 4 N–H and O–H groups in total. The molecule has 122 valence electrons. The van der Waals surface area contributed by atoms with Gasteiger partial charge in [0.25, 0.3) is 5.91 Å².